The Hall–Kier alpha value is -1.92. The van der Waals surface area contributed by atoms with E-state index in [0.29, 0.717) is 0 Å². The van der Waals surface area contributed by atoms with Crippen molar-refractivity contribution in [3.63, 3.8) is 0 Å². The van der Waals surface area contributed by atoms with Crippen LogP contribution in [-0.4, -0.2) is 23.6 Å². The van der Waals surface area contributed by atoms with Gasteiger partial charge >= 0.3 is 0 Å². The van der Waals surface area contributed by atoms with Crippen molar-refractivity contribution in [3.8, 4) is 0 Å². The number of amides is 4. The van der Waals surface area contributed by atoms with E-state index in [4.69, 9.17) is 0 Å². The molecule has 0 aliphatic carbocycles. The van der Waals surface area contributed by atoms with Crippen molar-refractivity contribution in [2.45, 2.75) is 12.8 Å². The van der Waals surface area contributed by atoms with E-state index in [1.165, 1.54) is 0 Å². The standard InChI is InChI=1S/C6H9N3O4/c7-3(10)1-5(12)9-6(13)2-4(8)11/h1-2H2,(H2,7,10)(H2,8,11)(H,9,12,13). The minimum atomic E-state index is -0.857. The summed E-state index contributed by atoms with van der Waals surface area (Å²) in [6, 6.07) is 0. The van der Waals surface area contributed by atoms with E-state index < -0.39 is 36.5 Å². The molecule has 0 atom stereocenters. The van der Waals surface area contributed by atoms with E-state index in [2.05, 4.69) is 11.5 Å². The van der Waals surface area contributed by atoms with E-state index >= 15 is 0 Å². The second-order valence-electron chi connectivity index (χ2n) is 2.26. The van der Waals surface area contributed by atoms with Crippen LogP contribution in [0.3, 0.4) is 0 Å². The Morgan fingerprint density at radius 1 is 0.846 bits per heavy atom. The van der Waals surface area contributed by atoms with Crippen molar-refractivity contribution < 1.29 is 19.2 Å². The quantitative estimate of drug-likeness (QED) is 0.415. The number of rotatable bonds is 4. The summed E-state index contributed by atoms with van der Waals surface area (Å²) in [6.07, 6.45) is -1.19. The molecule has 0 rings (SSSR count). The summed E-state index contributed by atoms with van der Waals surface area (Å²) < 4.78 is 0. The fraction of sp³-hybridized carbons (Fsp3) is 0.333. The largest absolute Gasteiger partial charge is 0.369 e. The van der Waals surface area contributed by atoms with Gasteiger partial charge in [0.1, 0.15) is 12.8 Å². The molecule has 0 aromatic carbocycles. The number of primary amides is 2. The number of hydrogen-bond acceptors (Lipinski definition) is 4. The molecule has 0 spiro atoms. The van der Waals surface area contributed by atoms with Crippen molar-refractivity contribution in [2.24, 2.45) is 11.5 Å². The Morgan fingerprint density at radius 2 is 1.15 bits per heavy atom. The minimum absolute atomic E-state index is 0.593. The Labute approximate surface area is 73.4 Å². The lowest BCUT2D eigenvalue weighted by Gasteiger charge is -1.99. The van der Waals surface area contributed by atoms with Crippen LogP contribution in [0.15, 0.2) is 0 Å². The maximum Gasteiger partial charge on any atom is 0.235 e. The van der Waals surface area contributed by atoms with Crippen LogP contribution in [0.5, 0.6) is 0 Å². The van der Waals surface area contributed by atoms with Crippen LogP contribution in [0.2, 0.25) is 0 Å². The molecule has 0 saturated carbocycles. The summed E-state index contributed by atoms with van der Waals surface area (Å²) in [6.45, 7) is 0. The molecule has 0 heterocycles. The van der Waals surface area contributed by atoms with Gasteiger partial charge in [0, 0.05) is 0 Å². The maximum absolute atomic E-state index is 10.7. The second kappa shape index (κ2) is 4.86. The van der Waals surface area contributed by atoms with E-state index in [9.17, 15) is 19.2 Å². The van der Waals surface area contributed by atoms with E-state index in [-0.39, 0.29) is 0 Å². The van der Waals surface area contributed by atoms with E-state index in [1.807, 2.05) is 0 Å². The molecule has 0 fully saturated rings. The molecule has 0 aliphatic rings. The molecule has 0 aromatic rings. The average molecular weight is 187 g/mol. The molecule has 0 aromatic heterocycles. The number of carbonyl (C=O) groups is 4. The molecule has 7 nitrogen and oxygen atoms in total. The van der Waals surface area contributed by atoms with Crippen molar-refractivity contribution in [1.82, 2.24) is 5.32 Å². The smallest absolute Gasteiger partial charge is 0.235 e. The third kappa shape index (κ3) is 6.48. The maximum atomic E-state index is 10.7. The molecular formula is C6H9N3O4. The van der Waals surface area contributed by atoms with Crippen LogP contribution in [-0.2, 0) is 19.2 Å². The molecule has 5 N–H and O–H groups in total. The summed E-state index contributed by atoms with van der Waals surface area (Å²) in [5.74, 6) is -3.41. The van der Waals surface area contributed by atoms with Crippen LogP contribution in [0.1, 0.15) is 12.8 Å². The molecule has 0 saturated heterocycles. The monoisotopic (exact) mass is 187 g/mol. The van der Waals surface area contributed by atoms with Crippen molar-refractivity contribution in [1.29, 1.82) is 0 Å². The number of nitrogens with one attached hydrogen (secondary N) is 1. The van der Waals surface area contributed by atoms with Crippen LogP contribution >= 0.6 is 0 Å². The molecule has 0 aliphatic heterocycles. The second-order valence-corrected chi connectivity index (χ2v) is 2.26. The number of hydrogen-bond donors (Lipinski definition) is 3. The zero-order valence-electron chi connectivity index (χ0n) is 6.70. The molecular weight excluding hydrogens is 178 g/mol. The Morgan fingerprint density at radius 3 is 1.38 bits per heavy atom. The highest BCUT2D eigenvalue weighted by Crippen LogP contribution is 1.81. The minimum Gasteiger partial charge on any atom is -0.369 e. The van der Waals surface area contributed by atoms with Crippen LogP contribution in [0.4, 0.5) is 0 Å². The lowest BCUT2D eigenvalue weighted by molar-refractivity contribution is -0.133. The van der Waals surface area contributed by atoms with Gasteiger partial charge in [-0.05, 0) is 0 Å². The summed E-state index contributed by atoms with van der Waals surface area (Å²) in [5, 5.41) is 1.76. The Kier molecular flexibility index (Phi) is 4.14. The zero-order chi connectivity index (χ0) is 10.4. The van der Waals surface area contributed by atoms with E-state index in [1.54, 1.807) is 5.32 Å². The molecule has 13 heavy (non-hydrogen) atoms. The van der Waals surface area contributed by atoms with Crippen molar-refractivity contribution >= 4 is 23.6 Å². The van der Waals surface area contributed by atoms with Gasteiger partial charge in [0.05, 0.1) is 0 Å². The number of nitrogens with two attached hydrogens (primary N) is 2. The fourth-order valence-corrected chi connectivity index (χ4v) is 0.560. The first-order valence-corrected chi connectivity index (χ1v) is 3.31. The van der Waals surface area contributed by atoms with Gasteiger partial charge in [-0.3, -0.25) is 24.5 Å². The first-order chi connectivity index (χ1) is 5.91. The first kappa shape index (κ1) is 11.1. The van der Waals surface area contributed by atoms with Gasteiger partial charge in [-0.2, -0.15) is 0 Å². The van der Waals surface area contributed by atoms with Gasteiger partial charge in [0.2, 0.25) is 23.6 Å². The third-order valence-electron chi connectivity index (χ3n) is 0.948. The molecule has 0 bridgehead atoms. The fourth-order valence-electron chi connectivity index (χ4n) is 0.560. The highest BCUT2D eigenvalue weighted by atomic mass is 16.2. The van der Waals surface area contributed by atoms with Crippen LogP contribution in [0.25, 0.3) is 0 Å². The van der Waals surface area contributed by atoms with Crippen LogP contribution in [0, 0.1) is 0 Å². The van der Waals surface area contributed by atoms with Crippen molar-refractivity contribution in [2.75, 3.05) is 0 Å². The topological polar surface area (TPSA) is 132 Å². The molecule has 0 unspecified atom stereocenters. The van der Waals surface area contributed by atoms with Gasteiger partial charge in [-0.15, -0.1) is 0 Å². The highest BCUT2D eigenvalue weighted by molar-refractivity contribution is 6.07. The highest BCUT2D eigenvalue weighted by Gasteiger charge is 2.11. The average Bonchev–Trinajstić information content (AvgIpc) is 1.80. The van der Waals surface area contributed by atoms with Gasteiger partial charge in [-0.25, -0.2) is 0 Å². The lowest BCUT2D eigenvalue weighted by atomic mass is 10.3. The summed E-state index contributed by atoms with van der Waals surface area (Å²) in [5.41, 5.74) is 9.34. The van der Waals surface area contributed by atoms with Gasteiger partial charge < -0.3 is 11.5 Å². The first-order valence-electron chi connectivity index (χ1n) is 3.31. The SMILES string of the molecule is NC(=O)CC(=O)NC(=O)CC(N)=O. The molecule has 0 radical (unpaired) electrons. The lowest BCUT2D eigenvalue weighted by Crippen LogP contribution is -2.35. The summed E-state index contributed by atoms with van der Waals surface area (Å²) >= 11 is 0. The Balaban J connectivity index is 3.85. The predicted molar refractivity (Wildman–Crippen MR) is 40.8 cm³/mol. The van der Waals surface area contributed by atoms with Gasteiger partial charge in [0.15, 0.2) is 0 Å². The molecule has 4 amide bonds. The number of carbonyl (C=O) groups excluding carboxylic acids is 4. The summed E-state index contributed by atoms with van der Waals surface area (Å²) in [7, 11) is 0. The Bertz CT molecular complexity index is 235. The summed E-state index contributed by atoms with van der Waals surface area (Å²) in [4.78, 5) is 41.7. The van der Waals surface area contributed by atoms with Crippen molar-refractivity contribution in [3.05, 3.63) is 0 Å². The predicted octanol–water partition coefficient (Wildman–Crippen LogP) is -2.62. The third-order valence-corrected chi connectivity index (χ3v) is 0.948. The molecule has 72 valence electrons. The van der Waals surface area contributed by atoms with E-state index in [0.717, 1.165) is 0 Å². The zero-order valence-corrected chi connectivity index (χ0v) is 6.70. The van der Waals surface area contributed by atoms with Gasteiger partial charge in [0.25, 0.3) is 0 Å². The normalized spacial score (nSPS) is 8.92. The van der Waals surface area contributed by atoms with Gasteiger partial charge in [-0.1, -0.05) is 0 Å². The number of imide groups is 1. The molecule has 7 heteroatoms. The van der Waals surface area contributed by atoms with Crippen LogP contribution < -0.4 is 16.8 Å².